The molecule has 1 fully saturated rings. The van der Waals surface area contributed by atoms with E-state index in [1.165, 1.54) is 0 Å². The Morgan fingerprint density at radius 1 is 1.38 bits per heavy atom. The number of carbonyl (C=O) groups is 1. The molecular formula is C15H24N4O2. The third-order valence-electron chi connectivity index (χ3n) is 3.41. The molecule has 1 aliphatic carbocycles. The van der Waals surface area contributed by atoms with Crippen LogP contribution in [0.15, 0.2) is 18.6 Å². The maximum absolute atomic E-state index is 11.9. The van der Waals surface area contributed by atoms with Crippen LogP contribution < -0.4 is 10.6 Å². The van der Waals surface area contributed by atoms with Crippen molar-refractivity contribution in [3.8, 4) is 0 Å². The molecule has 0 aromatic carbocycles. The van der Waals surface area contributed by atoms with Gasteiger partial charge < -0.3 is 15.4 Å². The molecule has 2 atom stereocenters. The number of rotatable bonds is 4. The van der Waals surface area contributed by atoms with Gasteiger partial charge >= 0.3 is 6.09 Å². The molecule has 0 aliphatic heterocycles. The number of nitrogens with zero attached hydrogens (tertiary/aromatic N) is 2. The van der Waals surface area contributed by atoms with Gasteiger partial charge in [0.25, 0.3) is 0 Å². The third-order valence-corrected chi connectivity index (χ3v) is 3.41. The van der Waals surface area contributed by atoms with Crippen molar-refractivity contribution in [3.05, 3.63) is 24.3 Å². The van der Waals surface area contributed by atoms with Crippen LogP contribution in [0.2, 0.25) is 0 Å². The van der Waals surface area contributed by atoms with Crippen molar-refractivity contribution in [2.75, 3.05) is 0 Å². The monoisotopic (exact) mass is 292 g/mol. The first kappa shape index (κ1) is 15.7. The maximum Gasteiger partial charge on any atom is 0.407 e. The predicted molar refractivity (Wildman–Crippen MR) is 79.7 cm³/mol. The molecule has 1 aliphatic rings. The van der Waals surface area contributed by atoms with E-state index in [9.17, 15) is 4.79 Å². The van der Waals surface area contributed by atoms with Gasteiger partial charge in [0, 0.05) is 24.8 Å². The molecule has 0 radical (unpaired) electrons. The summed E-state index contributed by atoms with van der Waals surface area (Å²) in [5.41, 5.74) is 0.486. The van der Waals surface area contributed by atoms with Crippen LogP contribution in [0.25, 0.3) is 0 Å². The van der Waals surface area contributed by atoms with E-state index in [1.807, 2.05) is 26.8 Å². The second kappa shape index (κ2) is 6.85. The molecule has 2 N–H and O–H groups in total. The van der Waals surface area contributed by atoms with Gasteiger partial charge in [-0.2, -0.15) is 0 Å². The minimum atomic E-state index is -0.466. The van der Waals surface area contributed by atoms with Crippen LogP contribution in [-0.2, 0) is 11.3 Å². The number of aromatic nitrogens is 2. The normalized spacial score (nSPS) is 22.0. The molecule has 1 amide bonds. The smallest absolute Gasteiger partial charge is 0.407 e. The van der Waals surface area contributed by atoms with E-state index in [0.29, 0.717) is 6.54 Å². The fourth-order valence-corrected chi connectivity index (χ4v) is 2.49. The van der Waals surface area contributed by atoms with Gasteiger partial charge in [0.05, 0.1) is 5.69 Å². The lowest BCUT2D eigenvalue weighted by Crippen LogP contribution is -2.47. The number of hydrogen-bond donors (Lipinski definition) is 2. The molecule has 2 rings (SSSR count). The Morgan fingerprint density at radius 2 is 2.14 bits per heavy atom. The third kappa shape index (κ3) is 5.30. The number of amides is 1. The fourth-order valence-electron chi connectivity index (χ4n) is 2.49. The van der Waals surface area contributed by atoms with Crippen LogP contribution in [0.4, 0.5) is 4.79 Å². The second-order valence-corrected chi connectivity index (χ2v) is 6.37. The molecule has 0 spiro atoms. The van der Waals surface area contributed by atoms with Gasteiger partial charge in [0.1, 0.15) is 11.9 Å². The predicted octanol–water partition coefficient (Wildman–Crippen LogP) is 2.01. The van der Waals surface area contributed by atoms with E-state index in [1.54, 1.807) is 12.5 Å². The Balaban J connectivity index is 1.81. The summed E-state index contributed by atoms with van der Waals surface area (Å²) in [6, 6.07) is 2.26. The van der Waals surface area contributed by atoms with Gasteiger partial charge in [-0.25, -0.2) is 14.8 Å². The maximum atomic E-state index is 11.9. The Morgan fingerprint density at radius 3 is 2.81 bits per heavy atom. The van der Waals surface area contributed by atoms with Gasteiger partial charge in [0.2, 0.25) is 0 Å². The summed E-state index contributed by atoms with van der Waals surface area (Å²) in [4.78, 5) is 19.9. The zero-order chi connectivity index (χ0) is 15.3. The molecule has 1 saturated carbocycles. The largest absolute Gasteiger partial charge is 0.444 e. The van der Waals surface area contributed by atoms with E-state index in [0.717, 1.165) is 25.0 Å². The quantitative estimate of drug-likeness (QED) is 0.888. The van der Waals surface area contributed by atoms with Crippen LogP contribution in [0.1, 0.15) is 45.7 Å². The average Bonchev–Trinajstić information content (AvgIpc) is 2.82. The van der Waals surface area contributed by atoms with Crippen molar-refractivity contribution in [1.82, 2.24) is 20.6 Å². The molecule has 1 aromatic rings. The molecule has 1 aromatic heterocycles. The number of ether oxygens (including phenoxy) is 1. The Bertz CT molecular complexity index is 458. The molecule has 21 heavy (non-hydrogen) atoms. The highest BCUT2D eigenvalue weighted by Crippen LogP contribution is 2.20. The van der Waals surface area contributed by atoms with Crippen LogP contribution in [0.5, 0.6) is 0 Å². The van der Waals surface area contributed by atoms with E-state index in [2.05, 4.69) is 20.6 Å². The Labute approximate surface area is 125 Å². The van der Waals surface area contributed by atoms with E-state index >= 15 is 0 Å². The SMILES string of the molecule is CC(C)(C)OC(=O)NC1CCCC1NCc1ccncn1. The van der Waals surface area contributed by atoms with Gasteiger partial charge in [-0.15, -0.1) is 0 Å². The zero-order valence-corrected chi connectivity index (χ0v) is 12.9. The lowest BCUT2D eigenvalue weighted by Gasteiger charge is -2.25. The van der Waals surface area contributed by atoms with E-state index in [-0.39, 0.29) is 18.2 Å². The summed E-state index contributed by atoms with van der Waals surface area (Å²) in [6.07, 6.45) is 6.05. The summed E-state index contributed by atoms with van der Waals surface area (Å²) in [5, 5.41) is 6.42. The van der Waals surface area contributed by atoms with Gasteiger partial charge in [-0.1, -0.05) is 0 Å². The van der Waals surface area contributed by atoms with Crippen molar-refractivity contribution >= 4 is 6.09 Å². The summed E-state index contributed by atoms with van der Waals surface area (Å²) >= 11 is 0. The van der Waals surface area contributed by atoms with Crippen LogP contribution in [-0.4, -0.2) is 33.7 Å². The second-order valence-electron chi connectivity index (χ2n) is 6.37. The van der Waals surface area contributed by atoms with Crippen molar-refractivity contribution in [1.29, 1.82) is 0 Å². The first-order valence-electron chi connectivity index (χ1n) is 7.42. The fraction of sp³-hybridized carbons (Fsp3) is 0.667. The van der Waals surface area contributed by atoms with Crippen LogP contribution >= 0.6 is 0 Å². The Kier molecular flexibility index (Phi) is 5.12. The zero-order valence-electron chi connectivity index (χ0n) is 12.9. The van der Waals surface area contributed by atoms with E-state index < -0.39 is 5.60 Å². The van der Waals surface area contributed by atoms with E-state index in [4.69, 9.17) is 4.74 Å². The molecule has 6 heteroatoms. The van der Waals surface area contributed by atoms with Gasteiger partial charge in [-0.05, 0) is 46.1 Å². The molecule has 1 heterocycles. The van der Waals surface area contributed by atoms with Crippen molar-refractivity contribution in [3.63, 3.8) is 0 Å². The highest BCUT2D eigenvalue weighted by molar-refractivity contribution is 5.68. The number of carbonyl (C=O) groups excluding carboxylic acids is 1. The minimum absolute atomic E-state index is 0.113. The molecular weight excluding hydrogens is 268 g/mol. The first-order chi connectivity index (χ1) is 9.94. The van der Waals surface area contributed by atoms with Crippen molar-refractivity contribution in [2.45, 2.75) is 64.3 Å². The van der Waals surface area contributed by atoms with Crippen LogP contribution in [0.3, 0.4) is 0 Å². The molecule has 2 unspecified atom stereocenters. The summed E-state index contributed by atoms with van der Waals surface area (Å²) in [6.45, 7) is 6.28. The highest BCUT2D eigenvalue weighted by Gasteiger charge is 2.29. The standard InChI is InChI=1S/C15H24N4O2/c1-15(2,3)21-14(20)19-13-6-4-5-12(13)17-9-11-7-8-16-10-18-11/h7-8,10,12-13,17H,4-6,9H2,1-3H3,(H,19,20). The van der Waals surface area contributed by atoms with Gasteiger partial charge in [-0.3, -0.25) is 0 Å². The lowest BCUT2D eigenvalue weighted by atomic mass is 10.1. The highest BCUT2D eigenvalue weighted by atomic mass is 16.6. The topological polar surface area (TPSA) is 76.1 Å². The lowest BCUT2D eigenvalue weighted by molar-refractivity contribution is 0.0498. The first-order valence-corrected chi connectivity index (χ1v) is 7.42. The average molecular weight is 292 g/mol. The molecule has 0 bridgehead atoms. The minimum Gasteiger partial charge on any atom is -0.444 e. The number of nitrogens with one attached hydrogen (secondary N) is 2. The summed E-state index contributed by atoms with van der Waals surface area (Å²) in [7, 11) is 0. The molecule has 6 nitrogen and oxygen atoms in total. The van der Waals surface area contributed by atoms with Crippen LogP contribution in [0, 0.1) is 0 Å². The molecule has 116 valence electrons. The van der Waals surface area contributed by atoms with Gasteiger partial charge in [0.15, 0.2) is 0 Å². The Hall–Kier alpha value is -1.69. The number of hydrogen-bond acceptors (Lipinski definition) is 5. The summed E-state index contributed by atoms with van der Waals surface area (Å²) in [5.74, 6) is 0. The van der Waals surface area contributed by atoms with Crippen molar-refractivity contribution in [2.24, 2.45) is 0 Å². The summed E-state index contributed by atoms with van der Waals surface area (Å²) < 4.78 is 5.31. The van der Waals surface area contributed by atoms with Crippen molar-refractivity contribution < 1.29 is 9.53 Å². The number of alkyl carbamates (subject to hydrolysis) is 1. The molecule has 0 saturated heterocycles.